The normalized spacial score (nSPS) is 15.2. The molecule has 0 spiro atoms. The molecule has 0 aliphatic rings. The summed E-state index contributed by atoms with van der Waals surface area (Å²) in [5.41, 5.74) is 0. The second kappa shape index (κ2) is 19.5. The molecule has 2 atom stereocenters. The van der Waals surface area contributed by atoms with Crippen LogP contribution in [0.5, 0.6) is 0 Å². The Bertz CT molecular complexity index is 442. The van der Waals surface area contributed by atoms with Gasteiger partial charge in [0.15, 0.2) is 0 Å². The number of ether oxygens (including phenoxy) is 1. The molecule has 7 heteroatoms. The lowest BCUT2D eigenvalue weighted by molar-refractivity contribution is -0.870. The zero-order chi connectivity index (χ0) is 23.4. The van der Waals surface area contributed by atoms with E-state index in [2.05, 4.69) is 6.92 Å². The summed E-state index contributed by atoms with van der Waals surface area (Å²) in [6.45, 7) is 5.80. The minimum absolute atomic E-state index is 0.184. The summed E-state index contributed by atoms with van der Waals surface area (Å²) in [6.07, 6.45) is 18.2. The molecule has 0 saturated carbocycles. The molecule has 1 unspecified atom stereocenters. The topological polar surface area (TPSA) is 65.0 Å². The fourth-order valence-corrected chi connectivity index (χ4v) is 4.26. The monoisotopic (exact) mass is 466 g/mol. The van der Waals surface area contributed by atoms with Crippen molar-refractivity contribution in [1.29, 1.82) is 0 Å². The molecule has 0 saturated heterocycles. The number of hydrogen-bond acceptors (Lipinski definition) is 4. The molecular weight excluding hydrogens is 413 g/mol. The predicted molar refractivity (Wildman–Crippen MR) is 130 cm³/mol. The van der Waals surface area contributed by atoms with Crippen LogP contribution < -0.4 is 0 Å². The van der Waals surface area contributed by atoms with Gasteiger partial charge >= 0.3 is 7.82 Å². The van der Waals surface area contributed by atoms with Crippen molar-refractivity contribution in [3.63, 3.8) is 0 Å². The van der Waals surface area contributed by atoms with Crippen molar-refractivity contribution in [3.8, 4) is 0 Å². The van der Waals surface area contributed by atoms with E-state index < -0.39 is 13.9 Å². The van der Waals surface area contributed by atoms with E-state index in [1.807, 2.05) is 21.1 Å². The number of phosphoric ester groups is 1. The van der Waals surface area contributed by atoms with Gasteiger partial charge in [-0.2, -0.15) is 0 Å². The van der Waals surface area contributed by atoms with Gasteiger partial charge in [0.1, 0.15) is 13.2 Å². The van der Waals surface area contributed by atoms with Gasteiger partial charge < -0.3 is 14.1 Å². The third-order valence-electron chi connectivity index (χ3n) is 5.32. The molecule has 0 rings (SSSR count). The van der Waals surface area contributed by atoms with Crippen molar-refractivity contribution < 1.29 is 27.7 Å². The van der Waals surface area contributed by atoms with Gasteiger partial charge in [-0.05, 0) is 13.3 Å². The van der Waals surface area contributed by atoms with E-state index in [-0.39, 0.29) is 6.61 Å². The van der Waals surface area contributed by atoms with Crippen molar-refractivity contribution in [3.05, 3.63) is 0 Å². The molecule has 6 nitrogen and oxygen atoms in total. The SMILES string of the molecule is CCCCCCCCCCCCCCCCOC[C@@H](C)OP(=O)(O)OCC[N+](C)(C)C. The smallest absolute Gasteiger partial charge is 0.379 e. The molecule has 0 aromatic carbocycles. The second-order valence-corrected chi connectivity index (χ2v) is 11.3. The van der Waals surface area contributed by atoms with Crippen LogP contribution in [0.15, 0.2) is 0 Å². The third kappa shape index (κ3) is 24.5. The standard InChI is InChI=1S/C24H52NO5P/c1-6-7-8-9-10-11-12-13-14-15-16-17-18-19-21-28-23-24(2)30-31(26,27)29-22-20-25(3,4)5/h24H,6-23H2,1-5H3/p+1/t24-/m1/s1. The number of rotatable bonds is 23. The van der Waals surface area contributed by atoms with Gasteiger partial charge in [-0.15, -0.1) is 0 Å². The van der Waals surface area contributed by atoms with Crippen molar-refractivity contribution >= 4 is 7.82 Å². The Morgan fingerprint density at radius 2 is 1.23 bits per heavy atom. The van der Waals surface area contributed by atoms with Crippen molar-refractivity contribution in [1.82, 2.24) is 0 Å². The van der Waals surface area contributed by atoms with Crippen LogP contribution in [0.2, 0.25) is 0 Å². The minimum atomic E-state index is -4.02. The molecule has 31 heavy (non-hydrogen) atoms. The van der Waals surface area contributed by atoms with Gasteiger partial charge in [0.25, 0.3) is 0 Å². The molecule has 0 heterocycles. The summed E-state index contributed by atoms with van der Waals surface area (Å²) in [4.78, 5) is 9.77. The van der Waals surface area contributed by atoms with Crippen LogP contribution in [-0.4, -0.2) is 63.0 Å². The first kappa shape index (κ1) is 31.0. The van der Waals surface area contributed by atoms with E-state index >= 15 is 0 Å². The quantitative estimate of drug-likeness (QED) is 0.103. The minimum Gasteiger partial charge on any atom is -0.379 e. The Hall–Kier alpha value is 0.0300. The molecule has 0 fully saturated rings. The highest BCUT2D eigenvalue weighted by molar-refractivity contribution is 7.47. The maximum atomic E-state index is 11.9. The average molecular weight is 467 g/mol. The summed E-state index contributed by atoms with van der Waals surface area (Å²) < 4.78 is 28.3. The highest BCUT2D eigenvalue weighted by Crippen LogP contribution is 2.44. The van der Waals surface area contributed by atoms with Gasteiger partial charge in [-0.25, -0.2) is 4.57 Å². The van der Waals surface area contributed by atoms with Crippen molar-refractivity contribution in [2.45, 2.75) is 110 Å². The van der Waals surface area contributed by atoms with E-state index in [0.717, 1.165) is 6.42 Å². The number of phosphoric acid groups is 1. The molecule has 1 N–H and O–H groups in total. The van der Waals surface area contributed by atoms with Crippen LogP contribution in [0.3, 0.4) is 0 Å². The van der Waals surface area contributed by atoms with Gasteiger partial charge in [-0.1, -0.05) is 90.4 Å². The number of unbranched alkanes of at least 4 members (excludes halogenated alkanes) is 13. The number of hydrogen-bond donors (Lipinski definition) is 1. The first-order valence-electron chi connectivity index (χ1n) is 12.7. The Kier molecular flexibility index (Phi) is 19.5. The Morgan fingerprint density at radius 3 is 1.68 bits per heavy atom. The van der Waals surface area contributed by atoms with Gasteiger partial charge in [0, 0.05) is 6.61 Å². The second-order valence-electron chi connectivity index (χ2n) is 9.90. The molecule has 0 aliphatic carbocycles. The highest BCUT2D eigenvalue weighted by Gasteiger charge is 2.25. The van der Waals surface area contributed by atoms with E-state index in [1.54, 1.807) is 6.92 Å². The summed E-state index contributed by atoms with van der Waals surface area (Å²) in [5.74, 6) is 0. The molecular formula is C24H53NO5P+. The van der Waals surface area contributed by atoms with Crippen LogP contribution in [0.25, 0.3) is 0 Å². The third-order valence-corrected chi connectivity index (χ3v) is 6.46. The van der Waals surface area contributed by atoms with Gasteiger partial charge in [0.2, 0.25) is 0 Å². The molecule has 0 aromatic heterocycles. The average Bonchev–Trinajstić information content (AvgIpc) is 2.66. The van der Waals surface area contributed by atoms with Crippen LogP contribution in [0, 0.1) is 0 Å². The summed E-state index contributed by atoms with van der Waals surface area (Å²) in [5, 5.41) is 0. The lowest BCUT2D eigenvalue weighted by atomic mass is 10.0. The largest absolute Gasteiger partial charge is 0.472 e. The van der Waals surface area contributed by atoms with Crippen molar-refractivity contribution in [2.75, 3.05) is 47.5 Å². The van der Waals surface area contributed by atoms with Crippen LogP contribution in [0.4, 0.5) is 0 Å². The van der Waals surface area contributed by atoms with E-state index in [9.17, 15) is 9.46 Å². The molecule has 0 radical (unpaired) electrons. The molecule has 0 bridgehead atoms. The van der Waals surface area contributed by atoms with Crippen LogP contribution in [-0.2, 0) is 18.3 Å². The first-order chi connectivity index (χ1) is 14.7. The lowest BCUT2D eigenvalue weighted by Gasteiger charge is -2.24. The maximum Gasteiger partial charge on any atom is 0.472 e. The van der Waals surface area contributed by atoms with Crippen LogP contribution >= 0.6 is 7.82 Å². The number of likely N-dealkylation sites (N-methyl/N-ethyl adjacent to an activating group) is 1. The summed E-state index contributed by atoms with van der Waals surface area (Å²) >= 11 is 0. The zero-order valence-electron chi connectivity index (χ0n) is 21.3. The summed E-state index contributed by atoms with van der Waals surface area (Å²) in [7, 11) is 1.98. The Morgan fingerprint density at radius 1 is 0.774 bits per heavy atom. The molecule has 0 aromatic rings. The zero-order valence-corrected chi connectivity index (χ0v) is 22.2. The lowest BCUT2D eigenvalue weighted by Crippen LogP contribution is -2.37. The van der Waals surface area contributed by atoms with Crippen LogP contribution in [0.1, 0.15) is 104 Å². The number of quaternary nitrogens is 1. The summed E-state index contributed by atoms with van der Waals surface area (Å²) in [6, 6.07) is 0. The maximum absolute atomic E-state index is 11.9. The predicted octanol–water partition coefficient (Wildman–Crippen LogP) is 6.71. The molecule has 188 valence electrons. The first-order valence-corrected chi connectivity index (χ1v) is 14.2. The Labute approximate surface area is 193 Å². The van der Waals surface area contributed by atoms with Crippen molar-refractivity contribution in [2.24, 2.45) is 0 Å². The van der Waals surface area contributed by atoms with Gasteiger partial charge in [0.05, 0.1) is 33.9 Å². The Balaban J connectivity index is 3.42. The number of nitrogens with zero attached hydrogens (tertiary/aromatic N) is 1. The van der Waals surface area contributed by atoms with E-state index in [1.165, 1.54) is 83.5 Å². The molecule has 0 amide bonds. The highest BCUT2D eigenvalue weighted by atomic mass is 31.2. The van der Waals surface area contributed by atoms with E-state index in [0.29, 0.717) is 24.2 Å². The fourth-order valence-electron chi connectivity index (χ4n) is 3.37. The van der Waals surface area contributed by atoms with Gasteiger partial charge in [-0.3, -0.25) is 9.05 Å². The molecule has 0 aliphatic heterocycles. The fraction of sp³-hybridized carbons (Fsp3) is 1.00. The van der Waals surface area contributed by atoms with E-state index in [4.69, 9.17) is 13.8 Å².